The van der Waals surface area contributed by atoms with Crippen molar-refractivity contribution in [1.82, 2.24) is 0 Å². The molecule has 3 rings (SSSR count). The summed E-state index contributed by atoms with van der Waals surface area (Å²) >= 11 is 17.1. The summed E-state index contributed by atoms with van der Waals surface area (Å²) in [7, 11) is 0. The topological polar surface area (TPSA) is 37.3 Å². The Bertz CT molecular complexity index is 848. The van der Waals surface area contributed by atoms with E-state index in [-0.39, 0.29) is 5.56 Å². The summed E-state index contributed by atoms with van der Waals surface area (Å²) in [4.78, 5) is 13.4. The van der Waals surface area contributed by atoms with E-state index < -0.39 is 5.97 Å². The second kappa shape index (κ2) is 9.78. The van der Waals surface area contributed by atoms with Crippen molar-refractivity contribution in [1.29, 1.82) is 0 Å². The van der Waals surface area contributed by atoms with Gasteiger partial charge in [0.05, 0.1) is 15.6 Å². The van der Waals surface area contributed by atoms with E-state index in [2.05, 4.69) is 12.6 Å². The Morgan fingerprint density at radius 3 is 1.84 bits per heavy atom. The second-order valence-corrected chi connectivity index (χ2v) is 7.17. The van der Waals surface area contributed by atoms with Crippen LogP contribution in [0.3, 0.4) is 0 Å². The van der Waals surface area contributed by atoms with E-state index in [4.69, 9.17) is 28.3 Å². The molecule has 0 bridgehead atoms. The van der Waals surface area contributed by atoms with Crippen LogP contribution in [0.1, 0.15) is 10.4 Å². The number of aromatic carboxylic acids is 1. The van der Waals surface area contributed by atoms with Crippen LogP contribution < -0.4 is 0 Å². The van der Waals surface area contributed by atoms with Gasteiger partial charge in [0.15, 0.2) is 0 Å². The molecule has 0 unspecified atom stereocenters. The lowest BCUT2D eigenvalue weighted by molar-refractivity contribution is 0.0693. The maximum Gasteiger partial charge on any atom is 0.336 e. The van der Waals surface area contributed by atoms with E-state index in [9.17, 15) is 4.79 Å². The molecule has 3 aromatic carbocycles. The van der Waals surface area contributed by atoms with Gasteiger partial charge < -0.3 is 5.11 Å². The van der Waals surface area contributed by atoms with Gasteiger partial charge in [-0.3, -0.25) is 0 Å². The summed E-state index contributed by atoms with van der Waals surface area (Å²) in [6.45, 7) is 0. The predicted molar refractivity (Wildman–Crippen MR) is 108 cm³/mol. The number of rotatable bonds is 3. The average molecular weight is 409 g/mol. The van der Waals surface area contributed by atoms with Crippen LogP contribution in [0, 0.1) is 0 Å². The molecule has 0 radical (unpaired) electrons. The number of carboxylic acid groups (broad SMARTS) is 1. The normalized spacial score (nSPS) is 9.88. The van der Waals surface area contributed by atoms with Gasteiger partial charge in [0.25, 0.3) is 0 Å². The number of thiol groups is 1. The maximum absolute atomic E-state index is 11.1. The number of benzene rings is 3. The molecular weight excluding hydrogens is 395 g/mol. The molecule has 0 aliphatic heterocycles. The van der Waals surface area contributed by atoms with Crippen molar-refractivity contribution in [2.45, 2.75) is 14.7 Å². The van der Waals surface area contributed by atoms with Gasteiger partial charge in [-0.1, -0.05) is 71.4 Å². The first-order valence-corrected chi connectivity index (χ1v) is 9.19. The van der Waals surface area contributed by atoms with Crippen molar-refractivity contribution >= 4 is 53.6 Å². The molecular formula is C19H14Cl2O2S2. The van der Waals surface area contributed by atoms with E-state index in [0.29, 0.717) is 14.9 Å². The van der Waals surface area contributed by atoms with Crippen molar-refractivity contribution < 1.29 is 9.90 Å². The van der Waals surface area contributed by atoms with Crippen LogP contribution in [-0.4, -0.2) is 11.1 Å². The summed E-state index contributed by atoms with van der Waals surface area (Å²) < 4.78 is 0. The molecule has 128 valence electrons. The van der Waals surface area contributed by atoms with Gasteiger partial charge in [-0.2, -0.15) is 0 Å². The average Bonchev–Trinajstić information content (AvgIpc) is 2.60. The largest absolute Gasteiger partial charge is 0.478 e. The van der Waals surface area contributed by atoms with Crippen molar-refractivity contribution in [2.75, 3.05) is 0 Å². The SMILES string of the molecule is O=C(O)c1ccccc1Sc1ccccc1Cl.Sc1ccccc1Cl. The number of carboxylic acids is 1. The van der Waals surface area contributed by atoms with Gasteiger partial charge in [-0.15, -0.1) is 12.6 Å². The van der Waals surface area contributed by atoms with Crippen molar-refractivity contribution in [3.05, 3.63) is 88.4 Å². The molecule has 0 spiro atoms. The Morgan fingerprint density at radius 1 is 0.800 bits per heavy atom. The van der Waals surface area contributed by atoms with Crippen molar-refractivity contribution in [2.24, 2.45) is 0 Å². The monoisotopic (exact) mass is 408 g/mol. The van der Waals surface area contributed by atoms with Crippen LogP contribution in [0.15, 0.2) is 87.5 Å². The third kappa shape index (κ3) is 6.01. The lowest BCUT2D eigenvalue weighted by atomic mass is 10.2. The molecule has 0 amide bonds. The zero-order chi connectivity index (χ0) is 18.2. The molecule has 1 N–H and O–H groups in total. The predicted octanol–water partition coefficient (Wildman–Crippen LogP) is 6.82. The van der Waals surface area contributed by atoms with Gasteiger partial charge in [0.1, 0.15) is 0 Å². The molecule has 0 aliphatic rings. The Balaban J connectivity index is 0.000000236. The fraction of sp³-hybridized carbons (Fsp3) is 0. The fourth-order valence-corrected chi connectivity index (χ4v) is 3.34. The van der Waals surface area contributed by atoms with E-state index in [0.717, 1.165) is 9.79 Å². The van der Waals surface area contributed by atoms with Crippen LogP contribution in [0.5, 0.6) is 0 Å². The molecule has 6 heteroatoms. The number of halogens is 2. The summed E-state index contributed by atoms with van der Waals surface area (Å²) in [5.41, 5.74) is 0.289. The van der Waals surface area contributed by atoms with Crippen molar-refractivity contribution in [3.8, 4) is 0 Å². The minimum Gasteiger partial charge on any atom is -0.478 e. The summed E-state index contributed by atoms with van der Waals surface area (Å²) in [5.74, 6) is -0.930. The Labute approximate surface area is 166 Å². The third-order valence-electron chi connectivity index (χ3n) is 3.03. The molecule has 0 atom stereocenters. The van der Waals surface area contributed by atoms with E-state index in [1.165, 1.54) is 11.8 Å². The van der Waals surface area contributed by atoms with Crippen LogP contribution in [0.4, 0.5) is 0 Å². The van der Waals surface area contributed by atoms with Gasteiger partial charge in [-0.05, 0) is 36.4 Å². The fourth-order valence-electron chi connectivity index (χ4n) is 1.83. The molecule has 0 saturated carbocycles. The number of hydrogen-bond acceptors (Lipinski definition) is 3. The smallest absolute Gasteiger partial charge is 0.336 e. The van der Waals surface area contributed by atoms with Gasteiger partial charge in [0.2, 0.25) is 0 Å². The van der Waals surface area contributed by atoms with Crippen LogP contribution in [0.25, 0.3) is 0 Å². The second-order valence-electron chi connectivity index (χ2n) is 4.79. The Morgan fingerprint density at radius 2 is 1.32 bits per heavy atom. The van der Waals surface area contributed by atoms with E-state index in [1.807, 2.05) is 48.5 Å². The van der Waals surface area contributed by atoms with E-state index in [1.54, 1.807) is 24.3 Å². The van der Waals surface area contributed by atoms with Crippen LogP contribution in [0.2, 0.25) is 10.0 Å². The first kappa shape index (κ1) is 19.7. The first-order chi connectivity index (χ1) is 12.0. The zero-order valence-corrected chi connectivity index (χ0v) is 16.1. The molecule has 0 saturated heterocycles. The van der Waals surface area contributed by atoms with Gasteiger partial charge in [0, 0.05) is 14.7 Å². The molecule has 2 nitrogen and oxygen atoms in total. The number of hydrogen-bond donors (Lipinski definition) is 2. The van der Waals surface area contributed by atoms with Crippen LogP contribution in [-0.2, 0) is 0 Å². The quantitative estimate of drug-likeness (QED) is 0.466. The minimum absolute atomic E-state index is 0.289. The third-order valence-corrected chi connectivity index (χ3v) is 5.47. The lowest BCUT2D eigenvalue weighted by Crippen LogP contribution is -1.97. The minimum atomic E-state index is -0.930. The maximum atomic E-state index is 11.1. The molecule has 25 heavy (non-hydrogen) atoms. The highest BCUT2D eigenvalue weighted by atomic mass is 35.5. The lowest BCUT2D eigenvalue weighted by Gasteiger charge is -2.06. The van der Waals surface area contributed by atoms with Crippen molar-refractivity contribution in [3.63, 3.8) is 0 Å². The number of carbonyl (C=O) groups is 1. The molecule has 0 aromatic heterocycles. The highest BCUT2D eigenvalue weighted by molar-refractivity contribution is 7.99. The summed E-state index contributed by atoms with van der Waals surface area (Å²) in [5, 5.41) is 10.4. The highest BCUT2D eigenvalue weighted by Crippen LogP contribution is 2.34. The molecule has 3 aromatic rings. The first-order valence-electron chi connectivity index (χ1n) is 7.17. The summed E-state index contributed by atoms with van der Waals surface area (Å²) in [6, 6.07) is 21.7. The van der Waals surface area contributed by atoms with Crippen LogP contribution >= 0.6 is 47.6 Å². The zero-order valence-electron chi connectivity index (χ0n) is 12.9. The van der Waals surface area contributed by atoms with Gasteiger partial charge in [-0.25, -0.2) is 4.79 Å². The highest BCUT2D eigenvalue weighted by Gasteiger charge is 2.11. The molecule has 0 aliphatic carbocycles. The Hall–Kier alpha value is -1.59. The standard InChI is InChI=1S/C13H9ClO2S.C6H5ClS/c14-10-6-2-4-8-12(10)17-11-7-3-1-5-9(11)13(15)16;7-5-3-1-2-4-6(5)8/h1-8H,(H,15,16);1-4,8H. The molecule has 0 heterocycles. The van der Waals surface area contributed by atoms with E-state index >= 15 is 0 Å². The van der Waals surface area contributed by atoms with Gasteiger partial charge >= 0.3 is 5.97 Å². The Kier molecular flexibility index (Phi) is 7.72. The summed E-state index contributed by atoms with van der Waals surface area (Å²) in [6.07, 6.45) is 0. The molecule has 0 fully saturated rings.